The standard InChI is InChI=1S/C7H16N2O2/c1-8-6-2-9(3-6)4-7(11)5-10/h6-8,10-11H,2-5H2,1H3/t7-/m0/s1. The molecule has 4 nitrogen and oxygen atoms in total. The van der Waals surface area contributed by atoms with Crippen molar-refractivity contribution in [1.82, 2.24) is 10.2 Å². The van der Waals surface area contributed by atoms with Gasteiger partial charge in [0.1, 0.15) is 0 Å². The molecule has 1 rings (SSSR count). The topological polar surface area (TPSA) is 55.7 Å². The molecule has 4 heteroatoms. The number of hydrogen-bond donors (Lipinski definition) is 3. The lowest BCUT2D eigenvalue weighted by molar-refractivity contribution is 0.0270. The largest absolute Gasteiger partial charge is 0.394 e. The third-order valence-electron chi connectivity index (χ3n) is 2.05. The van der Waals surface area contributed by atoms with Gasteiger partial charge >= 0.3 is 0 Å². The Morgan fingerprint density at radius 1 is 1.64 bits per heavy atom. The molecule has 0 unspecified atom stereocenters. The first-order chi connectivity index (χ1) is 5.26. The van der Waals surface area contributed by atoms with Crippen LogP contribution in [0.5, 0.6) is 0 Å². The van der Waals surface area contributed by atoms with Crippen LogP contribution in [0.1, 0.15) is 0 Å². The second-order valence-electron chi connectivity index (χ2n) is 3.04. The zero-order valence-electron chi connectivity index (χ0n) is 6.82. The third kappa shape index (κ3) is 2.41. The molecule has 0 amide bonds. The zero-order chi connectivity index (χ0) is 8.27. The van der Waals surface area contributed by atoms with E-state index in [2.05, 4.69) is 10.2 Å². The fraction of sp³-hybridized carbons (Fsp3) is 1.00. The molecule has 1 aliphatic heterocycles. The second-order valence-corrected chi connectivity index (χ2v) is 3.04. The summed E-state index contributed by atoms with van der Waals surface area (Å²) in [6.45, 7) is 2.41. The van der Waals surface area contributed by atoms with Crippen molar-refractivity contribution in [3.8, 4) is 0 Å². The molecule has 1 saturated heterocycles. The van der Waals surface area contributed by atoms with Crippen molar-refractivity contribution in [3.05, 3.63) is 0 Å². The molecular weight excluding hydrogens is 144 g/mol. The minimum atomic E-state index is -0.576. The predicted octanol–water partition coefficient (Wildman–Crippen LogP) is -1.76. The molecule has 0 bridgehead atoms. The molecule has 1 fully saturated rings. The van der Waals surface area contributed by atoms with E-state index in [1.54, 1.807) is 0 Å². The van der Waals surface area contributed by atoms with Crippen molar-refractivity contribution >= 4 is 0 Å². The highest BCUT2D eigenvalue weighted by atomic mass is 16.3. The Bertz CT molecular complexity index is 115. The lowest BCUT2D eigenvalue weighted by atomic mass is 10.1. The Morgan fingerprint density at radius 3 is 2.73 bits per heavy atom. The Labute approximate surface area is 66.8 Å². The van der Waals surface area contributed by atoms with Gasteiger partial charge in [-0.15, -0.1) is 0 Å². The van der Waals surface area contributed by atoms with Crippen molar-refractivity contribution < 1.29 is 10.2 Å². The quantitative estimate of drug-likeness (QED) is 0.456. The molecule has 1 heterocycles. The maximum Gasteiger partial charge on any atom is 0.0897 e. The van der Waals surface area contributed by atoms with Gasteiger partial charge in [-0.3, -0.25) is 4.90 Å². The lowest BCUT2D eigenvalue weighted by Gasteiger charge is -2.39. The molecule has 0 saturated carbocycles. The van der Waals surface area contributed by atoms with Crippen LogP contribution in [-0.4, -0.2) is 60.5 Å². The monoisotopic (exact) mass is 160 g/mol. The predicted molar refractivity (Wildman–Crippen MR) is 42.4 cm³/mol. The summed E-state index contributed by atoms with van der Waals surface area (Å²) in [5.74, 6) is 0. The minimum Gasteiger partial charge on any atom is -0.394 e. The number of aliphatic hydroxyl groups is 2. The van der Waals surface area contributed by atoms with Crippen molar-refractivity contribution in [2.45, 2.75) is 12.1 Å². The van der Waals surface area contributed by atoms with Gasteiger partial charge in [-0.2, -0.15) is 0 Å². The fourth-order valence-electron chi connectivity index (χ4n) is 1.26. The van der Waals surface area contributed by atoms with E-state index in [-0.39, 0.29) is 6.61 Å². The van der Waals surface area contributed by atoms with E-state index in [0.717, 1.165) is 13.1 Å². The normalized spacial score (nSPS) is 23.2. The van der Waals surface area contributed by atoms with Crippen LogP contribution in [0.15, 0.2) is 0 Å². The molecule has 11 heavy (non-hydrogen) atoms. The van der Waals surface area contributed by atoms with Gasteiger partial charge in [0.15, 0.2) is 0 Å². The summed E-state index contributed by atoms with van der Waals surface area (Å²) >= 11 is 0. The maximum atomic E-state index is 9.04. The fourth-order valence-corrected chi connectivity index (χ4v) is 1.26. The highest BCUT2D eigenvalue weighted by Gasteiger charge is 2.25. The van der Waals surface area contributed by atoms with Gasteiger partial charge in [-0.25, -0.2) is 0 Å². The zero-order valence-corrected chi connectivity index (χ0v) is 6.82. The molecule has 66 valence electrons. The van der Waals surface area contributed by atoms with Crippen LogP contribution < -0.4 is 5.32 Å². The van der Waals surface area contributed by atoms with Crippen LogP contribution in [0.4, 0.5) is 0 Å². The van der Waals surface area contributed by atoms with Gasteiger partial charge in [0, 0.05) is 25.7 Å². The van der Waals surface area contributed by atoms with Gasteiger partial charge in [0.25, 0.3) is 0 Å². The van der Waals surface area contributed by atoms with Crippen LogP contribution in [0.25, 0.3) is 0 Å². The first kappa shape index (κ1) is 8.93. The van der Waals surface area contributed by atoms with Crippen molar-refractivity contribution in [1.29, 1.82) is 0 Å². The van der Waals surface area contributed by atoms with Crippen LogP contribution in [0.2, 0.25) is 0 Å². The van der Waals surface area contributed by atoms with Crippen LogP contribution >= 0.6 is 0 Å². The summed E-state index contributed by atoms with van der Waals surface area (Å²) < 4.78 is 0. The number of aliphatic hydroxyl groups excluding tert-OH is 2. The van der Waals surface area contributed by atoms with Crippen molar-refractivity contribution in [3.63, 3.8) is 0 Å². The van der Waals surface area contributed by atoms with Crippen LogP contribution in [0, 0.1) is 0 Å². The second kappa shape index (κ2) is 4.01. The number of likely N-dealkylation sites (tertiary alicyclic amines) is 1. The molecule has 0 aromatic carbocycles. The number of nitrogens with zero attached hydrogens (tertiary/aromatic N) is 1. The van der Waals surface area contributed by atoms with Crippen molar-refractivity contribution in [2.75, 3.05) is 33.3 Å². The van der Waals surface area contributed by atoms with Gasteiger partial charge < -0.3 is 15.5 Å². The average molecular weight is 160 g/mol. The molecule has 0 radical (unpaired) electrons. The summed E-state index contributed by atoms with van der Waals surface area (Å²) in [6, 6.07) is 0.570. The van der Waals surface area contributed by atoms with Gasteiger partial charge in [-0.1, -0.05) is 0 Å². The molecule has 0 spiro atoms. The third-order valence-corrected chi connectivity index (χ3v) is 2.05. The molecule has 0 aliphatic carbocycles. The van der Waals surface area contributed by atoms with Crippen LogP contribution in [-0.2, 0) is 0 Å². The number of β-amino-alcohol motifs (C(OH)–C–C–N with tert-alkyl or cyclic N) is 1. The average Bonchev–Trinajstić information content (AvgIpc) is 1.95. The molecule has 1 atom stereocenters. The number of nitrogens with one attached hydrogen (secondary N) is 1. The SMILES string of the molecule is CNC1CN(C[C@H](O)CO)C1. The van der Waals surface area contributed by atoms with E-state index in [1.165, 1.54) is 0 Å². The summed E-state index contributed by atoms with van der Waals surface area (Å²) in [4.78, 5) is 2.11. The first-order valence-corrected chi connectivity index (χ1v) is 3.94. The van der Waals surface area contributed by atoms with Gasteiger partial charge in [0.2, 0.25) is 0 Å². The molecule has 1 aliphatic rings. The van der Waals surface area contributed by atoms with E-state index in [1.807, 2.05) is 7.05 Å². The summed E-state index contributed by atoms with van der Waals surface area (Å²) in [5, 5.41) is 20.7. The molecule has 0 aromatic rings. The van der Waals surface area contributed by atoms with Gasteiger partial charge in [-0.05, 0) is 7.05 Å². The highest BCUT2D eigenvalue weighted by molar-refractivity contribution is 4.85. The van der Waals surface area contributed by atoms with E-state index in [9.17, 15) is 0 Å². The first-order valence-electron chi connectivity index (χ1n) is 3.94. The molecule has 0 aromatic heterocycles. The van der Waals surface area contributed by atoms with Crippen LogP contribution in [0.3, 0.4) is 0 Å². The number of rotatable bonds is 4. The Morgan fingerprint density at radius 2 is 2.27 bits per heavy atom. The minimum absolute atomic E-state index is 0.138. The lowest BCUT2D eigenvalue weighted by Crippen LogP contribution is -2.58. The van der Waals surface area contributed by atoms with E-state index in [4.69, 9.17) is 10.2 Å². The van der Waals surface area contributed by atoms with E-state index < -0.39 is 6.10 Å². The van der Waals surface area contributed by atoms with E-state index in [0.29, 0.717) is 12.6 Å². The Balaban J connectivity index is 2.04. The summed E-state index contributed by atoms with van der Waals surface area (Å²) in [5.41, 5.74) is 0. The summed E-state index contributed by atoms with van der Waals surface area (Å²) in [6.07, 6.45) is -0.576. The Hall–Kier alpha value is -0.160. The molecule has 3 N–H and O–H groups in total. The maximum absolute atomic E-state index is 9.04. The highest BCUT2D eigenvalue weighted by Crippen LogP contribution is 2.06. The van der Waals surface area contributed by atoms with Gasteiger partial charge in [0.05, 0.1) is 12.7 Å². The Kier molecular flexibility index (Phi) is 3.26. The number of likely N-dealkylation sites (N-methyl/N-ethyl adjacent to an activating group) is 1. The van der Waals surface area contributed by atoms with Crippen molar-refractivity contribution in [2.24, 2.45) is 0 Å². The molecular formula is C7H16N2O2. The summed E-state index contributed by atoms with van der Waals surface area (Å²) in [7, 11) is 1.93. The van der Waals surface area contributed by atoms with E-state index >= 15 is 0 Å². The smallest absolute Gasteiger partial charge is 0.0897 e. The number of hydrogen-bond acceptors (Lipinski definition) is 4.